The predicted molar refractivity (Wildman–Crippen MR) is 95.9 cm³/mol. The molecule has 1 aliphatic heterocycles. The maximum Gasteiger partial charge on any atom is 0.306 e. The zero-order chi connectivity index (χ0) is 18.7. The van der Waals surface area contributed by atoms with E-state index in [-0.39, 0.29) is 18.0 Å². The molecule has 1 aromatic carbocycles. The fourth-order valence-corrected chi connectivity index (χ4v) is 3.07. The van der Waals surface area contributed by atoms with Gasteiger partial charge in [-0.15, -0.1) is 0 Å². The lowest BCUT2D eigenvalue weighted by molar-refractivity contribution is -0.145. The molecule has 0 radical (unpaired) electrons. The van der Waals surface area contributed by atoms with Crippen LogP contribution in [-0.2, 0) is 16.1 Å². The second-order valence-electron chi connectivity index (χ2n) is 6.21. The summed E-state index contributed by atoms with van der Waals surface area (Å²) in [4.78, 5) is 37.1. The highest BCUT2D eigenvalue weighted by Crippen LogP contribution is 2.19. The lowest BCUT2D eigenvalue weighted by atomic mass is 9.97. The number of carboxylic acids is 1. The largest absolute Gasteiger partial charge is 0.481 e. The fraction of sp³-hybridized carbons (Fsp3) is 0.333. The Labute approximate surface area is 154 Å². The van der Waals surface area contributed by atoms with Crippen molar-refractivity contribution >= 4 is 23.5 Å². The molecule has 1 amide bonds. The smallest absolute Gasteiger partial charge is 0.306 e. The van der Waals surface area contributed by atoms with Gasteiger partial charge in [0, 0.05) is 29.7 Å². The molecule has 0 spiro atoms. The summed E-state index contributed by atoms with van der Waals surface area (Å²) in [5, 5.41) is 13.9. The lowest BCUT2D eigenvalue weighted by Gasteiger charge is -2.30. The zero-order valence-electron chi connectivity index (χ0n) is 14.0. The van der Waals surface area contributed by atoms with Crippen LogP contribution in [0.2, 0.25) is 5.02 Å². The van der Waals surface area contributed by atoms with Gasteiger partial charge in [-0.3, -0.25) is 14.4 Å². The number of aliphatic carboxylic acids is 1. The standard InChI is InChI=1S/C18H18ClN3O4/c19-14-3-1-12(2-4-14)15-5-6-16(23)22(20-15)11-17(24)21-9-7-13(8-10-21)18(25)26/h1-6,13H,7-11H2,(H,25,26). The molecule has 1 saturated heterocycles. The van der Waals surface area contributed by atoms with E-state index in [0.29, 0.717) is 36.6 Å². The first-order valence-corrected chi connectivity index (χ1v) is 8.66. The molecule has 1 aromatic heterocycles. The molecule has 0 saturated carbocycles. The van der Waals surface area contributed by atoms with Crippen molar-refractivity contribution in [3.05, 3.63) is 51.8 Å². The van der Waals surface area contributed by atoms with Crippen LogP contribution in [0.4, 0.5) is 0 Å². The van der Waals surface area contributed by atoms with Crippen molar-refractivity contribution in [2.75, 3.05) is 13.1 Å². The van der Waals surface area contributed by atoms with Crippen LogP contribution >= 0.6 is 11.6 Å². The fourth-order valence-electron chi connectivity index (χ4n) is 2.94. The van der Waals surface area contributed by atoms with E-state index in [4.69, 9.17) is 16.7 Å². The van der Waals surface area contributed by atoms with E-state index in [1.54, 1.807) is 35.2 Å². The number of rotatable bonds is 4. The average molecular weight is 376 g/mol. The second kappa shape index (κ2) is 7.70. The first-order valence-electron chi connectivity index (χ1n) is 8.29. The number of benzene rings is 1. The molecule has 0 unspecified atom stereocenters. The summed E-state index contributed by atoms with van der Waals surface area (Å²) >= 11 is 5.88. The Kier molecular flexibility index (Phi) is 5.37. The van der Waals surface area contributed by atoms with Crippen LogP contribution in [0.15, 0.2) is 41.2 Å². The number of amides is 1. The van der Waals surface area contributed by atoms with Crippen molar-refractivity contribution in [2.24, 2.45) is 5.92 Å². The molecule has 7 nitrogen and oxygen atoms in total. The van der Waals surface area contributed by atoms with Crippen LogP contribution in [0.1, 0.15) is 12.8 Å². The molecule has 0 aliphatic carbocycles. The summed E-state index contributed by atoms with van der Waals surface area (Å²) in [7, 11) is 0. The normalized spacial score (nSPS) is 15.0. The van der Waals surface area contributed by atoms with E-state index in [9.17, 15) is 14.4 Å². The van der Waals surface area contributed by atoms with Gasteiger partial charge in [0.1, 0.15) is 6.54 Å². The highest BCUT2D eigenvalue weighted by Gasteiger charge is 2.27. The van der Waals surface area contributed by atoms with Crippen molar-refractivity contribution in [3.63, 3.8) is 0 Å². The Morgan fingerprint density at radius 2 is 1.77 bits per heavy atom. The van der Waals surface area contributed by atoms with Gasteiger partial charge in [-0.2, -0.15) is 5.10 Å². The molecule has 1 fully saturated rings. The molecular formula is C18H18ClN3O4. The highest BCUT2D eigenvalue weighted by atomic mass is 35.5. The van der Waals surface area contributed by atoms with Gasteiger partial charge in [0.2, 0.25) is 5.91 Å². The van der Waals surface area contributed by atoms with Crippen LogP contribution in [0, 0.1) is 5.92 Å². The molecule has 0 bridgehead atoms. The molecule has 26 heavy (non-hydrogen) atoms. The third-order valence-electron chi connectivity index (χ3n) is 4.49. The van der Waals surface area contributed by atoms with Crippen LogP contribution < -0.4 is 5.56 Å². The van der Waals surface area contributed by atoms with E-state index in [2.05, 4.69) is 5.10 Å². The Hall–Kier alpha value is -2.67. The number of piperidine rings is 1. The highest BCUT2D eigenvalue weighted by molar-refractivity contribution is 6.30. The molecule has 2 heterocycles. The van der Waals surface area contributed by atoms with E-state index >= 15 is 0 Å². The number of nitrogens with zero attached hydrogens (tertiary/aromatic N) is 3. The molecule has 1 N–H and O–H groups in total. The van der Waals surface area contributed by atoms with Gasteiger partial charge in [-0.1, -0.05) is 23.7 Å². The minimum atomic E-state index is -0.828. The van der Waals surface area contributed by atoms with E-state index in [0.717, 1.165) is 10.2 Å². The first-order chi connectivity index (χ1) is 12.4. The second-order valence-corrected chi connectivity index (χ2v) is 6.65. The molecule has 8 heteroatoms. The van der Waals surface area contributed by atoms with Gasteiger partial charge >= 0.3 is 5.97 Å². The number of likely N-dealkylation sites (tertiary alicyclic amines) is 1. The Morgan fingerprint density at radius 3 is 2.38 bits per heavy atom. The monoisotopic (exact) mass is 375 g/mol. The first kappa shape index (κ1) is 18.1. The van der Waals surface area contributed by atoms with Gasteiger partial charge in [0.25, 0.3) is 5.56 Å². The van der Waals surface area contributed by atoms with Crippen LogP contribution in [0.3, 0.4) is 0 Å². The number of aromatic nitrogens is 2. The molecule has 3 rings (SSSR count). The maximum atomic E-state index is 12.5. The Bertz CT molecular complexity index is 871. The SMILES string of the molecule is O=C(O)C1CCN(C(=O)Cn2nc(-c3ccc(Cl)cc3)ccc2=O)CC1. The van der Waals surface area contributed by atoms with Crippen LogP contribution in [0.25, 0.3) is 11.3 Å². The number of carbonyl (C=O) groups is 2. The topological polar surface area (TPSA) is 92.5 Å². The number of carbonyl (C=O) groups excluding carboxylic acids is 1. The molecule has 136 valence electrons. The van der Waals surface area contributed by atoms with Crippen molar-refractivity contribution < 1.29 is 14.7 Å². The van der Waals surface area contributed by atoms with Crippen molar-refractivity contribution in [2.45, 2.75) is 19.4 Å². The number of hydrogen-bond acceptors (Lipinski definition) is 4. The summed E-state index contributed by atoms with van der Waals surface area (Å²) in [6.45, 7) is 0.584. The van der Waals surface area contributed by atoms with Crippen molar-refractivity contribution in [1.29, 1.82) is 0 Å². The minimum absolute atomic E-state index is 0.169. The third kappa shape index (κ3) is 4.11. The Balaban J connectivity index is 1.72. The van der Waals surface area contributed by atoms with E-state index < -0.39 is 11.9 Å². The zero-order valence-corrected chi connectivity index (χ0v) is 14.7. The summed E-state index contributed by atoms with van der Waals surface area (Å²) in [5.41, 5.74) is 0.994. The Morgan fingerprint density at radius 1 is 1.12 bits per heavy atom. The van der Waals surface area contributed by atoms with Crippen molar-refractivity contribution in [1.82, 2.24) is 14.7 Å². The number of halogens is 1. The van der Waals surface area contributed by atoms with Gasteiger partial charge in [-0.05, 0) is 31.0 Å². The van der Waals surface area contributed by atoms with E-state index in [1.807, 2.05) is 0 Å². The van der Waals surface area contributed by atoms with Gasteiger partial charge < -0.3 is 10.0 Å². The van der Waals surface area contributed by atoms with Crippen LogP contribution in [0.5, 0.6) is 0 Å². The predicted octanol–water partition coefficient (Wildman–Crippen LogP) is 1.89. The molecule has 0 atom stereocenters. The molecular weight excluding hydrogens is 358 g/mol. The van der Waals surface area contributed by atoms with Gasteiger partial charge in [0.05, 0.1) is 11.6 Å². The maximum absolute atomic E-state index is 12.5. The lowest BCUT2D eigenvalue weighted by Crippen LogP contribution is -2.43. The number of hydrogen-bond donors (Lipinski definition) is 1. The summed E-state index contributed by atoms with van der Waals surface area (Å²) in [6.07, 6.45) is 0.850. The summed E-state index contributed by atoms with van der Waals surface area (Å²) < 4.78 is 1.13. The quantitative estimate of drug-likeness (QED) is 0.880. The summed E-state index contributed by atoms with van der Waals surface area (Å²) in [5.74, 6) is -1.48. The third-order valence-corrected chi connectivity index (χ3v) is 4.74. The summed E-state index contributed by atoms with van der Waals surface area (Å²) in [6, 6.07) is 10.0. The molecule has 2 aromatic rings. The van der Waals surface area contributed by atoms with Crippen molar-refractivity contribution in [3.8, 4) is 11.3 Å². The van der Waals surface area contributed by atoms with Crippen LogP contribution in [-0.4, -0.2) is 44.8 Å². The minimum Gasteiger partial charge on any atom is -0.481 e. The average Bonchev–Trinajstić information content (AvgIpc) is 2.64. The van der Waals surface area contributed by atoms with Gasteiger partial charge in [-0.25, -0.2) is 4.68 Å². The molecule has 1 aliphatic rings. The van der Waals surface area contributed by atoms with E-state index in [1.165, 1.54) is 6.07 Å². The number of carboxylic acid groups (broad SMARTS) is 1. The van der Waals surface area contributed by atoms with Gasteiger partial charge in [0.15, 0.2) is 0 Å².